The molecule has 0 radical (unpaired) electrons. The Hall–Kier alpha value is -1.32. The van der Waals surface area contributed by atoms with Crippen LogP contribution in [0, 0.1) is 20.8 Å². The molecule has 0 atom stereocenters. The molecule has 0 aliphatic carbocycles. The average molecular weight is 348 g/mol. The second kappa shape index (κ2) is 7.10. The molecule has 2 aromatic rings. The Morgan fingerprint density at radius 1 is 1.00 bits per heavy atom. The number of hydrogen-bond donors (Lipinski definition) is 1. The Balaban J connectivity index is 2.26. The van der Waals surface area contributed by atoms with Crippen molar-refractivity contribution in [1.29, 1.82) is 0 Å². The van der Waals surface area contributed by atoms with Crippen LogP contribution in [0.5, 0.6) is 11.5 Å². The average Bonchev–Trinajstić information content (AvgIpc) is 2.45. The van der Waals surface area contributed by atoms with E-state index in [-0.39, 0.29) is 0 Å². The van der Waals surface area contributed by atoms with Gasteiger partial charge in [0, 0.05) is 11.0 Å². The van der Waals surface area contributed by atoms with E-state index in [1.807, 2.05) is 0 Å². The highest BCUT2D eigenvalue weighted by molar-refractivity contribution is 9.10. The van der Waals surface area contributed by atoms with Crippen LogP contribution in [0.3, 0.4) is 0 Å². The molecular weight excluding hydrogens is 326 g/mol. The molecule has 0 amide bonds. The molecule has 0 saturated heterocycles. The minimum atomic E-state index is 0.867. The summed E-state index contributed by atoms with van der Waals surface area (Å²) in [7, 11) is 0. The van der Waals surface area contributed by atoms with Gasteiger partial charge in [0.05, 0.1) is 0 Å². The third-order valence-electron chi connectivity index (χ3n) is 3.47. The molecule has 0 unspecified atom stereocenters. The molecule has 0 saturated carbocycles. The molecule has 0 aromatic heterocycles. The van der Waals surface area contributed by atoms with Crippen LogP contribution >= 0.6 is 15.9 Å². The Labute approximate surface area is 135 Å². The van der Waals surface area contributed by atoms with Gasteiger partial charge in [-0.05, 0) is 67.8 Å². The first-order valence-electron chi connectivity index (χ1n) is 7.26. The lowest BCUT2D eigenvalue weighted by atomic mass is 10.1. The van der Waals surface area contributed by atoms with Gasteiger partial charge in [-0.25, -0.2) is 0 Å². The summed E-state index contributed by atoms with van der Waals surface area (Å²) < 4.78 is 7.24. The van der Waals surface area contributed by atoms with E-state index < -0.39 is 0 Å². The summed E-state index contributed by atoms with van der Waals surface area (Å²) in [4.78, 5) is 0. The summed E-state index contributed by atoms with van der Waals surface area (Å²) >= 11 is 3.59. The standard InChI is InChI=1S/C18H22BrNO/c1-5-20-11-15-7-6-12(2)17(10-15)21-16-8-13(3)18(19)14(4)9-16/h6-10,20H,5,11H2,1-4H3. The molecule has 2 nitrogen and oxygen atoms in total. The highest BCUT2D eigenvalue weighted by Crippen LogP contribution is 2.31. The van der Waals surface area contributed by atoms with E-state index in [1.54, 1.807) is 0 Å². The van der Waals surface area contributed by atoms with Gasteiger partial charge in [-0.3, -0.25) is 0 Å². The van der Waals surface area contributed by atoms with E-state index in [0.717, 1.165) is 34.6 Å². The summed E-state index contributed by atoms with van der Waals surface area (Å²) in [5.41, 5.74) is 4.76. The third-order valence-corrected chi connectivity index (χ3v) is 4.72. The Morgan fingerprint density at radius 3 is 2.29 bits per heavy atom. The van der Waals surface area contributed by atoms with Crippen LogP contribution in [-0.2, 0) is 6.54 Å². The van der Waals surface area contributed by atoms with Gasteiger partial charge in [0.25, 0.3) is 0 Å². The van der Waals surface area contributed by atoms with Crippen LogP contribution < -0.4 is 10.1 Å². The zero-order valence-corrected chi connectivity index (χ0v) is 14.7. The fourth-order valence-electron chi connectivity index (χ4n) is 2.23. The maximum atomic E-state index is 6.10. The van der Waals surface area contributed by atoms with Crippen molar-refractivity contribution in [3.8, 4) is 11.5 Å². The number of ether oxygens (including phenoxy) is 1. The van der Waals surface area contributed by atoms with Gasteiger partial charge in [-0.2, -0.15) is 0 Å². The van der Waals surface area contributed by atoms with Gasteiger partial charge in [0.1, 0.15) is 11.5 Å². The summed E-state index contributed by atoms with van der Waals surface area (Å²) in [6, 6.07) is 10.5. The van der Waals surface area contributed by atoms with Crippen LogP contribution in [-0.4, -0.2) is 6.54 Å². The largest absolute Gasteiger partial charge is 0.457 e. The molecular formula is C18H22BrNO. The Kier molecular flexibility index (Phi) is 5.43. The minimum Gasteiger partial charge on any atom is -0.457 e. The summed E-state index contributed by atoms with van der Waals surface area (Å²) in [5, 5.41) is 3.34. The van der Waals surface area contributed by atoms with Gasteiger partial charge >= 0.3 is 0 Å². The number of halogens is 1. The molecule has 0 spiro atoms. The summed E-state index contributed by atoms with van der Waals surface area (Å²) in [6.07, 6.45) is 0. The highest BCUT2D eigenvalue weighted by atomic mass is 79.9. The molecule has 0 heterocycles. The van der Waals surface area contributed by atoms with Crippen LogP contribution in [0.2, 0.25) is 0 Å². The fraction of sp³-hybridized carbons (Fsp3) is 0.333. The van der Waals surface area contributed by atoms with Gasteiger partial charge in [0.15, 0.2) is 0 Å². The predicted molar refractivity (Wildman–Crippen MR) is 92.2 cm³/mol. The first-order chi connectivity index (χ1) is 10.0. The van der Waals surface area contributed by atoms with Gasteiger partial charge in [-0.1, -0.05) is 35.0 Å². The first-order valence-corrected chi connectivity index (χ1v) is 8.05. The second-order valence-corrected chi connectivity index (χ2v) is 6.15. The smallest absolute Gasteiger partial charge is 0.130 e. The van der Waals surface area contributed by atoms with Gasteiger partial charge < -0.3 is 10.1 Å². The number of aryl methyl sites for hydroxylation is 3. The van der Waals surface area contributed by atoms with Crippen molar-refractivity contribution in [2.75, 3.05) is 6.54 Å². The van der Waals surface area contributed by atoms with E-state index in [4.69, 9.17) is 4.74 Å². The van der Waals surface area contributed by atoms with Crippen molar-refractivity contribution < 1.29 is 4.74 Å². The van der Waals surface area contributed by atoms with Crippen molar-refractivity contribution in [3.63, 3.8) is 0 Å². The summed E-state index contributed by atoms with van der Waals surface area (Å²) in [6.45, 7) is 10.2. The van der Waals surface area contributed by atoms with Gasteiger partial charge in [0.2, 0.25) is 0 Å². The number of rotatable bonds is 5. The van der Waals surface area contributed by atoms with Crippen molar-refractivity contribution in [2.45, 2.75) is 34.2 Å². The van der Waals surface area contributed by atoms with E-state index in [0.29, 0.717) is 0 Å². The lowest BCUT2D eigenvalue weighted by molar-refractivity contribution is 0.477. The zero-order chi connectivity index (χ0) is 15.4. The van der Waals surface area contributed by atoms with Crippen molar-refractivity contribution >= 4 is 15.9 Å². The normalized spacial score (nSPS) is 10.7. The number of hydrogen-bond acceptors (Lipinski definition) is 2. The topological polar surface area (TPSA) is 21.3 Å². The molecule has 0 bridgehead atoms. The van der Waals surface area contributed by atoms with E-state index >= 15 is 0 Å². The molecule has 2 rings (SSSR count). The van der Waals surface area contributed by atoms with E-state index in [9.17, 15) is 0 Å². The maximum Gasteiger partial charge on any atom is 0.130 e. The molecule has 21 heavy (non-hydrogen) atoms. The van der Waals surface area contributed by atoms with Crippen molar-refractivity contribution in [3.05, 3.63) is 57.1 Å². The molecule has 0 aliphatic heterocycles. The van der Waals surface area contributed by atoms with Crippen LogP contribution in [0.25, 0.3) is 0 Å². The first kappa shape index (κ1) is 16.1. The van der Waals surface area contributed by atoms with Crippen molar-refractivity contribution in [2.24, 2.45) is 0 Å². The lowest BCUT2D eigenvalue weighted by Gasteiger charge is -2.13. The number of benzene rings is 2. The zero-order valence-electron chi connectivity index (χ0n) is 13.1. The second-order valence-electron chi connectivity index (χ2n) is 5.35. The van der Waals surface area contributed by atoms with Crippen LogP contribution in [0.4, 0.5) is 0 Å². The number of nitrogens with one attached hydrogen (secondary N) is 1. The molecule has 3 heteroatoms. The SMILES string of the molecule is CCNCc1ccc(C)c(Oc2cc(C)c(Br)c(C)c2)c1. The quantitative estimate of drug-likeness (QED) is 0.794. The van der Waals surface area contributed by atoms with Gasteiger partial charge in [-0.15, -0.1) is 0 Å². The predicted octanol–water partition coefficient (Wildman–Crippen LogP) is 5.28. The molecule has 0 fully saturated rings. The van der Waals surface area contributed by atoms with E-state index in [2.05, 4.69) is 79.3 Å². The minimum absolute atomic E-state index is 0.867. The molecule has 2 aromatic carbocycles. The maximum absolute atomic E-state index is 6.10. The molecule has 112 valence electrons. The third kappa shape index (κ3) is 4.08. The Morgan fingerprint density at radius 2 is 1.67 bits per heavy atom. The van der Waals surface area contributed by atoms with Crippen LogP contribution in [0.15, 0.2) is 34.8 Å². The van der Waals surface area contributed by atoms with E-state index in [1.165, 1.54) is 16.7 Å². The monoisotopic (exact) mass is 347 g/mol. The lowest BCUT2D eigenvalue weighted by Crippen LogP contribution is -2.11. The van der Waals surface area contributed by atoms with Crippen molar-refractivity contribution in [1.82, 2.24) is 5.32 Å². The molecule has 0 aliphatic rings. The Bertz CT molecular complexity index is 614. The molecule has 1 N–H and O–H groups in total. The summed E-state index contributed by atoms with van der Waals surface area (Å²) in [5.74, 6) is 1.81. The van der Waals surface area contributed by atoms with Crippen LogP contribution in [0.1, 0.15) is 29.2 Å². The fourth-order valence-corrected chi connectivity index (χ4v) is 2.45. The highest BCUT2D eigenvalue weighted by Gasteiger charge is 2.07.